The van der Waals surface area contributed by atoms with Crippen LogP contribution in [0, 0.1) is 11.8 Å². The van der Waals surface area contributed by atoms with Gasteiger partial charge in [0.1, 0.15) is 6.29 Å². The Hall–Kier alpha value is -1.12. The SMILES string of the molecule is CCOC(=O)C(CC=C(C)C)C(C)C=O. The molecule has 3 nitrogen and oxygen atoms in total. The summed E-state index contributed by atoms with van der Waals surface area (Å²) in [6.45, 7) is 7.80. The van der Waals surface area contributed by atoms with E-state index in [1.807, 2.05) is 19.9 Å². The van der Waals surface area contributed by atoms with Crippen molar-refractivity contribution in [2.24, 2.45) is 11.8 Å². The first-order chi connectivity index (χ1) is 7.02. The second kappa shape index (κ2) is 7.21. The minimum Gasteiger partial charge on any atom is -0.466 e. The fourth-order valence-electron chi connectivity index (χ4n) is 1.23. The van der Waals surface area contributed by atoms with Crippen molar-refractivity contribution in [3.63, 3.8) is 0 Å². The highest BCUT2D eigenvalue weighted by molar-refractivity contribution is 5.76. The summed E-state index contributed by atoms with van der Waals surface area (Å²) in [5, 5.41) is 0. The minimum absolute atomic E-state index is 0.283. The van der Waals surface area contributed by atoms with Crippen molar-refractivity contribution in [2.45, 2.75) is 34.1 Å². The van der Waals surface area contributed by atoms with Gasteiger partial charge in [0.05, 0.1) is 12.5 Å². The third kappa shape index (κ3) is 5.35. The Bertz CT molecular complexity index is 239. The van der Waals surface area contributed by atoms with Gasteiger partial charge in [-0.05, 0) is 27.2 Å². The second-order valence-electron chi connectivity index (χ2n) is 3.87. The maximum atomic E-state index is 11.5. The molecule has 0 aliphatic rings. The van der Waals surface area contributed by atoms with E-state index in [2.05, 4.69) is 0 Å². The monoisotopic (exact) mass is 212 g/mol. The van der Waals surface area contributed by atoms with Crippen LogP contribution in [0.15, 0.2) is 11.6 Å². The summed E-state index contributed by atoms with van der Waals surface area (Å²) in [6, 6.07) is 0. The van der Waals surface area contributed by atoms with Gasteiger partial charge in [-0.15, -0.1) is 0 Å². The van der Waals surface area contributed by atoms with Crippen LogP contribution in [0.1, 0.15) is 34.1 Å². The Morgan fingerprint density at radius 3 is 2.40 bits per heavy atom. The quantitative estimate of drug-likeness (QED) is 0.385. The molecule has 0 aromatic heterocycles. The van der Waals surface area contributed by atoms with Crippen molar-refractivity contribution in [1.82, 2.24) is 0 Å². The molecule has 0 fully saturated rings. The van der Waals surface area contributed by atoms with Gasteiger partial charge in [0.2, 0.25) is 0 Å². The Morgan fingerprint density at radius 2 is 2.00 bits per heavy atom. The topological polar surface area (TPSA) is 43.4 Å². The average Bonchev–Trinajstić information content (AvgIpc) is 2.17. The first-order valence-corrected chi connectivity index (χ1v) is 5.28. The lowest BCUT2D eigenvalue weighted by molar-refractivity contribution is -0.150. The molecule has 0 saturated carbocycles. The number of aldehydes is 1. The third-order valence-electron chi connectivity index (χ3n) is 2.22. The number of rotatable bonds is 6. The van der Waals surface area contributed by atoms with Crippen molar-refractivity contribution in [3.8, 4) is 0 Å². The van der Waals surface area contributed by atoms with E-state index in [9.17, 15) is 9.59 Å². The predicted octanol–water partition coefficient (Wildman–Crippen LogP) is 2.36. The summed E-state index contributed by atoms with van der Waals surface area (Å²) in [4.78, 5) is 22.2. The molecule has 0 amide bonds. The minimum atomic E-state index is -0.350. The van der Waals surface area contributed by atoms with Crippen LogP contribution in [-0.2, 0) is 14.3 Å². The first kappa shape index (κ1) is 13.9. The number of carbonyl (C=O) groups is 2. The second-order valence-corrected chi connectivity index (χ2v) is 3.87. The van der Waals surface area contributed by atoms with E-state index in [0.717, 1.165) is 11.9 Å². The number of esters is 1. The molecule has 0 bridgehead atoms. The van der Waals surface area contributed by atoms with E-state index in [1.54, 1.807) is 13.8 Å². The highest BCUT2D eigenvalue weighted by Gasteiger charge is 2.24. The molecule has 0 aliphatic carbocycles. The van der Waals surface area contributed by atoms with Crippen molar-refractivity contribution < 1.29 is 14.3 Å². The molecule has 0 saturated heterocycles. The maximum Gasteiger partial charge on any atom is 0.309 e. The van der Waals surface area contributed by atoms with Crippen LogP contribution in [0.25, 0.3) is 0 Å². The van der Waals surface area contributed by atoms with Gasteiger partial charge in [-0.2, -0.15) is 0 Å². The molecule has 0 aromatic rings. The van der Waals surface area contributed by atoms with Crippen LogP contribution in [0.3, 0.4) is 0 Å². The molecule has 0 heterocycles. The van der Waals surface area contributed by atoms with Crippen LogP contribution >= 0.6 is 0 Å². The van der Waals surface area contributed by atoms with Gasteiger partial charge in [-0.25, -0.2) is 0 Å². The van der Waals surface area contributed by atoms with Gasteiger partial charge in [-0.3, -0.25) is 4.79 Å². The van der Waals surface area contributed by atoms with E-state index in [0.29, 0.717) is 13.0 Å². The molecule has 0 aliphatic heterocycles. The molecule has 0 N–H and O–H groups in total. The van der Waals surface area contributed by atoms with Gasteiger partial charge >= 0.3 is 5.97 Å². The smallest absolute Gasteiger partial charge is 0.309 e. The number of carbonyl (C=O) groups excluding carboxylic acids is 2. The van der Waals surface area contributed by atoms with Gasteiger partial charge in [0, 0.05) is 5.92 Å². The van der Waals surface area contributed by atoms with Crippen LogP contribution in [0.2, 0.25) is 0 Å². The predicted molar refractivity (Wildman–Crippen MR) is 59.4 cm³/mol. The zero-order valence-corrected chi connectivity index (χ0v) is 9.95. The molecule has 15 heavy (non-hydrogen) atoms. The van der Waals surface area contributed by atoms with E-state index in [-0.39, 0.29) is 17.8 Å². The summed E-state index contributed by atoms with van der Waals surface area (Å²) in [5.74, 6) is -0.924. The van der Waals surface area contributed by atoms with Gasteiger partial charge in [-0.1, -0.05) is 18.6 Å². The van der Waals surface area contributed by atoms with Crippen molar-refractivity contribution in [3.05, 3.63) is 11.6 Å². The summed E-state index contributed by atoms with van der Waals surface area (Å²) < 4.78 is 4.93. The molecular formula is C12H20O3. The van der Waals surface area contributed by atoms with Crippen LogP contribution in [0.5, 0.6) is 0 Å². The first-order valence-electron chi connectivity index (χ1n) is 5.28. The van der Waals surface area contributed by atoms with Crippen LogP contribution in [0.4, 0.5) is 0 Å². The Balaban J connectivity index is 4.50. The molecule has 3 heteroatoms. The molecule has 2 unspecified atom stereocenters. The zero-order chi connectivity index (χ0) is 11.8. The van der Waals surface area contributed by atoms with E-state index < -0.39 is 0 Å². The highest BCUT2D eigenvalue weighted by atomic mass is 16.5. The van der Waals surface area contributed by atoms with E-state index in [4.69, 9.17) is 4.74 Å². The lowest BCUT2D eigenvalue weighted by Crippen LogP contribution is -2.24. The fourth-order valence-corrected chi connectivity index (χ4v) is 1.23. The number of hydrogen-bond acceptors (Lipinski definition) is 3. The maximum absolute atomic E-state index is 11.5. The Kier molecular flexibility index (Phi) is 6.67. The van der Waals surface area contributed by atoms with Crippen molar-refractivity contribution in [1.29, 1.82) is 0 Å². The molecule has 86 valence electrons. The Morgan fingerprint density at radius 1 is 1.40 bits per heavy atom. The normalized spacial score (nSPS) is 13.9. The van der Waals surface area contributed by atoms with Crippen LogP contribution < -0.4 is 0 Å². The summed E-state index contributed by atoms with van der Waals surface area (Å²) in [7, 11) is 0. The zero-order valence-electron chi connectivity index (χ0n) is 9.95. The fraction of sp³-hybridized carbons (Fsp3) is 0.667. The van der Waals surface area contributed by atoms with Gasteiger partial charge < -0.3 is 9.53 Å². The molecule has 0 rings (SSSR count). The number of hydrogen-bond donors (Lipinski definition) is 0. The lowest BCUT2D eigenvalue weighted by Gasteiger charge is -2.16. The number of allylic oxidation sites excluding steroid dienone is 2. The number of ether oxygens (including phenoxy) is 1. The molecule has 2 atom stereocenters. The van der Waals surface area contributed by atoms with E-state index >= 15 is 0 Å². The van der Waals surface area contributed by atoms with Gasteiger partial charge in [0.15, 0.2) is 0 Å². The highest BCUT2D eigenvalue weighted by Crippen LogP contribution is 2.17. The van der Waals surface area contributed by atoms with E-state index in [1.165, 1.54) is 0 Å². The third-order valence-corrected chi connectivity index (χ3v) is 2.22. The standard InChI is InChI=1S/C12H20O3/c1-5-15-12(14)11(10(4)8-13)7-6-9(2)3/h6,8,10-11H,5,7H2,1-4H3. The largest absolute Gasteiger partial charge is 0.466 e. The summed E-state index contributed by atoms with van der Waals surface area (Å²) in [5.41, 5.74) is 1.14. The molecular weight excluding hydrogens is 192 g/mol. The van der Waals surface area contributed by atoms with Crippen molar-refractivity contribution >= 4 is 12.3 Å². The van der Waals surface area contributed by atoms with Crippen LogP contribution in [-0.4, -0.2) is 18.9 Å². The Labute approximate surface area is 91.5 Å². The van der Waals surface area contributed by atoms with Crippen molar-refractivity contribution in [2.75, 3.05) is 6.61 Å². The lowest BCUT2D eigenvalue weighted by atomic mass is 9.91. The molecule has 0 spiro atoms. The average molecular weight is 212 g/mol. The molecule has 0 radical (unpaired) electrons. The molecule has 0 aromatic carbocycles. The summed E-state index contributed by atoms with van der Waals surface area (Å²) >= 11 is 0. The summed E-state index contributed by atoms with van der Waals surface area (Å²) in [6.07, 6.45) is 3.34. The van der Waals surface area contributed by atoms with Gasteiger partial charge in [0.25, 0.3) is 0 Å².